The van der Waals surface area contributed by atoms with Gasteiger partial charge < -0.3 is 25.4 Å². The summed E-state index contributed by atoms with van der Waals surface area (Å²) in [6.07, 6.45) is 3.73. The highest BCUT2D eigenvalue weighted by Crippen LogP contribution is 2.60. The third-order valence-electron chi connectivity index (χ3n) is 7.22. The number of amides is 3. The van der Waals surface area contributed by atoms with Crippen molar-refractivity contribution in [2.24, 2.45) is 17.8 Å². The van der Waals surface area contributed by atoms with Crippen molar-refractivity contribution in [3.8, 4) is 0 Å². The van der Waals surface area contributed by atoms with E-state index >= 15 is 0 Å². The lowest BCUT2D eigenvalue weighted by Gasteiger charge is -2.38. The summed E-state index contributed by atoms with van der Waals surface area (Å²) in [5.41, 5.74) is -1.07. The second-order valence-corrected chi connectivity index (χ2v) is 10.9. The van der Waals surface area contributed by atoms with Crippen molar-refractivity contribution in [3.05, 3.63) is 0 Å². The Kier molecular flexibility index (Phi) is 8.25. The minimum atomic E-state index is -1.07. The molecule has 0 aliphatic carbocycles. The summed E-state index contributed by atoms with van der Waals surface area (Å²) < 4.78 is 6.43. The van der Waals surface area contributed by atoms with Gasteiger partial charge in [-0.25, -0.2) is 0 Å². The largest absolute Gasteiger partial charge is 0.394 e. The van der Waals surface area contributed by atoms with E-state index in [1.54, 1.807) is 0 Å². The van der Waals surface area contributed by atoms with Gasteiger partial charge in [0.05, 0.1) is 30.6 Å². The molecular formula is C23H38BrN3O5. The highest BCUT2D eigenvalue weighted by atomic mass is 79.9. The average Bonchev–Trinajstić information content (AvgIpc) is 3.33. The Bertz CT molecular complexity index is 720. The molecule has 3 fully saturated rings. The molecule has 3 amide bonds. The summed E-state index contributed by atoms with van der Waals surface area (Å²) in [5, 5.41) is 16.1. The normalized spacial score (nSPS) is 34.2. The summed E-state index contributed by atoms with van der Waals surface area (Å²) in [4.78, 5) is 41.8. The molecule has 9 heteroatoms. The molecule has 3 aliphatic heterocycles. The zero-order valence-electron chi connectivity index (χ0n) is 19.6. The lowest BCUT2D eigenvalue weighted by Crippen LogP contribution is -2.59. The molecule has 3 unspecified atom stereocenters. The number of rotatable bonds is 11. The fourth-order valence-electron chi connectivity index (χ4n) is 5.69. The van der Waals surface area contributed by atoms with Crippen molar-refractivity contribution in [1.29, 1.82) is 0 Å². The Labute approximate surface area is 199 Å². The quantitative estimate of drug-likeness (QED) is 0.286. The molecule has 7 atom stereocenters. The predicted octanol–water partition coefficient (Wildman–Crippen LogP) is 1.58. The van der Waals surface area contributed by atoms with Crippen LogP contribution in [-0.4, -0.2) is 76.0 Å². The zero-order valence-corrected chi connectivity index (χ0v) is 21.2. The van der Waals surface area contributed by atoms with E-state index in [0.29, 0.717) is 19.5 Å². The molecular weight excluding hydrogens is 478 g/mol. The number of nitrogens with one attached hydrogen (secondary N) is 2. The van der Waals surface area contributed by atoms with Crippen molar-refractivity contribution in [3.63, 3.8) is 0 Å². The van der Waals surface area contributed by atoms with Gasteiger partial charge in [0.1, 0.15) is 11.6 Å². The minimum absolute atomic E-state index is 0.0566. The van der Waals surface area contributed by atoms with Gasteiger partial charge in [0.2, 0.25) is 17.7 Å². The number of carbonyl (C=O) groups is 3. The van der Waals surface area contributed by atoms with Crippen LogP contribution in [0.15, 0.2) is 0 Å². The van der Waals surface area contributed by atoms with Gasteiger partial charge in [-0.05, 0) is 25.2 Å². The molecule has 2 bridgehead atoms. The van der Waals surface area contributed by atoms with Crippen LogP contribution < -0.4 is 10.6 Å². The molecule has 3 rings (SSSR count). The van der Waals surface area contributed by atoms with Gasteiger partial charge in [-0.1, -0.05) is 56.5 Å². The maximum Gasteiger partial charge on any atom is 0.245 e. The van der Waals surface area contributed by atoms with Gasteiger partial charge in [0.25, 0.3) is 0 Å². The molecule has 3 aliphatic rings. The van der Waals surface area contributed by atoms with Gasteiger partial charge >= 0.3 is 0 Å². The van der Waals surface area contributed by atoms with Crippen molar-refractivity contribution in [2.45, 2.75) is 88.4 Å². The van der Waals surface area contributed by atoms with Gasteiger partial charge in [-0.15, -0.1) is 0 Å². The first-order valence-corrected chi connectivity index (χ1v) is 13.0. The Balaban J connectivity index is 1.98. The number of aliphatic hydroxyl groups is 1. The number of likely N-dealkylation sites (tertiary alicyclic amines) is 1. The molecule has 3 saturated heterocycles. The Morgan fingerprint density at radius 3 is 2.47 bits per heavy atom. The highest BCUT2D eigenvalue weighted by molar-refractivity contribution is 9.09. The van der Waals surface area contributed by atoms with Crippen LogP contribution in [0.4, 0.5) is 0 Å². The molecule has 1 spiro atoms. The maximum atomic E-state index is 13.8. The Morgan fingerprint density at radius 1 is 1.19 bits per heavy atom. The van der Waals surface area contributed by atoms with Gasteiger partial charge in [0, 0.05) is 17.9 Å². The van der Waals surface area contributed by atoms with E-state index in [-0.39, 0.29) is 35.1 Å². The van der Waals surface area contributed by atoms with E-state index in [2.05, 4.69) is 33.5 Å². The monoisotopic (exact) mass is 515 g/mol. The van der Waals surface area contributed by atoms with Crippen LogP contribution in [-0.2, 0) is 19.1 Å². The van der Waals surface area contributed by atoms with Crippen LogP contribution in [0.25, 0.3) is 0 Å². The molecule has 0 aromatic heterocycles. The number of nitrogens with zero attached hydrogens (tertiary/aromatic N) is 1. The molecule has 0 saturated carbocycles. The lowest BCUT2D eigenvalue weighted by atomic mass is 9.70. The topological polar surface area (TPSA) is 108 Å². The van der Waals surface area contributed by atoms with Crippen LogP contribution >= 0.6 is 15.9 Å². The third kappa shape index (κ3) is 4.20. The SMILES string of the molecule is CCCCCNC(=O)C1N([C@@H](CO)C(C)C)C(=O)[C@@H]2[C@@H](C(=O)NCCC)[C@@H]3OC12CC3Br. The number of ether oxygens (including phenoxy) is 1. The Hall–Kier alpha value is -1.19. The number of aliphatic hydroxyl groups excluding tert-OH is 1. The first kappa shape index (κ1) is 25.4. The Morgan fingerprint density at radius 2 is 1.88 bits per heavy atom. The van der Waals surface area contributed by atoms with Crippen molar-refractivity contribution in [2.75, 3.05) is 19.7 Å². The van der Waals surface area contributed by atoms with Crippen molar-refractivity contribution >= 4 is 33.7 Å². The van der Waals surface area contributed by atoms with Crippen LogP contribution in [0.5, 0.6) is 0 Å². The summed E-state index contributed by atoms with van der Waals surface area (Å²) in [7, 11) is 0. The van der Waals surface area contributed by atoms with Gasteiger partial charge in [-0.2, -0.15) is 0 Å². The number of hydrogen-bond acceptors (Lipinski definition) is 5. The standard InChI is InChI=1S/C23H38BrN3O5/c1-5-7-8-10-26-21(30)19-23-11-14(24)18(32-23)16(20(29)25-9-6-2)17(23)22(31)27(19)15(12-28)13(3)4/h13-19,28H,5-12H2,1-4H3,(H,25,29)(H,26,30)/t14?,15-,16+,17-,18+,19?,23?/m0/s1. The number of carbonyl (C=O) groups excluding carboxylic acids is 3. The summed E-state index contributed by atoms with van der Waals surface area (Å²) in [6.45, 7) is 8.72. The molecule has 0 radical (unpaired) electrons. The molecule has 0 aromatic rings. The highest BCUT2D eigenvalue weighted by Gasteiger charge is 2.77. The van der Waals surface area contributed by atoms with Crippen LogP contribution in [0, 0.1) is 17.8 Å². The first-order valence-electron chi connectivity index (χ1n) is 12.0. The van der Waals surface area contributed by atoms with E-state index in [0.717, 1.165) is 25.7 Å². The number of hydrogen-bond donors (Lipinski definition) is 3. The van der Waals surface area contributed by atoms with E-state index in [9.17, 15) is 19.5 Å². The number of unbranched alkanes of at least 4 members (excludes halogenated alkanes) is 2. The fraction of sp³-hybridized carbons (Fsp3) is 0.870. The molecule has 3 N–H and O–H groups in total. The smallest absolute Gasteiger partial charge is 0.245 e. The lowest BCUT2D eigenvalue weighted by molar-refractivity contribution is -0.146. The van der Waals surface area contributed by atoms with Crippen LogP contribution in [0.2, 0.25) is 0 Å². The number of alkyl halides is 1. The first-order chi connectivity index (χ1) is 15.2. The maximum absolute atomic E-state index is 13.8. The fourth-order valence-corrected chi connectivity index (χ4v) is 6.64. The predicted molar refractivity (Wildman–Crippen MR) is 124 cm³/mol. The van der Waals surface area contributed by atoms with Crippen molar-refractivity contribution in [1.82, 2.24) is 15.5 Å². The second kappa shape index (κ2) is 10.4. The summed E-state index contributed by atoms with van der Waals surface area (Å²) in [6, 6.07) is -1.39. The van der Waals surface area contributed by atoms with Gasteiger partial charge in [0.15, 0.2) is 0 Å². The average molecular weight is 516 g/mol. The van der Waals surface area contributed by atoms with Crippen LogP contribution in [0.3, 0.4) is 0 Å². The zero-order chi connectivity index (χ0) is 23.6. The molecule has 3 heterocycles. The minimum Gasteiger partial charge on any atom is -0.394 e. The van der Waals surface area contributed by atoms with Crippen LogP contribution in [0.1, 0.15) is 59.8 Å². The number of halogens is 1. The second-order valence-electron chi connectivity index (χ2n) is 9.69. The third-order valence-corrected chi connectivity index (χ3v) is 8.07. The molecule has 32 heavy (non-hydrogen) atoms. The van der Waals surface area contributed by atoms with E-state index in [4.69, 9.17) is 4.74 Å². The van der Waals surface area contributed by atoms with E-state index in [1.807, 2.05) is 20.8 Å². The molecule has 0 aromatic carbocycles. The molecule has 182 valence electrons. The van der Waals surface area contributed by atoms with Crippen molar-refractivity contribution < 1.29 is 24.2 Å². The summed E-state index contributed by atoms with van der Waals surface area (Å²) >= 11 is 3.66. The van der Waals surface area contributed by atoms with E-state index in [1.165, 1.54) is 4.90 Å². The van der Waals surface area contributed by atoms with Gasteiger partial charge in [-0.3, -0.25) is 14.4 Å². The van der Waals surface area contributed by atoms with E-state index < -0.39 is 35.6 Å². The molecule has 8 nitrogen and oxygen atoms in total. The number of fused-ring (bicyclic) bond motifs is 1. The summed E-state index contributed by atoms with van der Waals surface area (Å²) in [5.74, 6) is -2.15.